The van der Waals surface area contributed by atoms with Crippen LogP contribution in [0.4, 0.5) is 5.69 Å². The lowest BCUT2D eigenvalue weighted by Crippen LogP contribution is -2.29. The van der Waals surface area contributed by atoms with Gasteiger partial charge in [0.25, 0.3) is 0 Å². The Morgan fingerprint density at radius 2 is 1.93 bits per heavy atom. The highest BCUT2D eigenvalue weighted by molar-refractivity contribution is 5.52. The monoisotopic (exact) mass is 206 g/mol. The Kier molecular flexibility index (Phi) is 3.11. The summed E-state index contributed by atoms with van der Waals surface area (Å²) in [5, 5.41) is 9.49. The van der Waals surface area contributed by atoms with E-state index in [1.54, 1.807) is 12.1 Å². The van der Waals surface area contributed by atoms with E-state index in [1.165, 1.54) is 32.4 Å². The van der Waals surface area contributed by atoms with Crippen LogP contribution in [0.1, 0.15) is 24.8 Å². The number of likely N-dealkylation sites (tertiary alicyclic amines) is 1. The number of benzene rings is 1. The summed E-state index contributed by atoms with van der Waals surface area (Å²) in [7, 11) is 0. The standard InChI is InChI=1S/C12H18N2O/c13-11-5-4-10(8-12(11)15)9-14-6-2-1-3-7-14/h4-5,8,15H,1-3,6-7,9,13H2. The molecule has 15 heavy (non-hydrogen) atoms. The maximum atomic E-state index is 9.49. The maximum absolute atomic E-state index is 9.49. The normalized spacial score (nSPS) is 17.9. The summed E-state index contributed by atoms with van der Waals surface area (Å²) in [5.74, 6) is 0.199. The second-order valence-corrected chi connectivity index (χ2v) is 4.23. The molecule has 0 aliphatic carbocycles. The average molecular weight is 206 g/mol. The van der Waals surface area contributed by atoms with Crippen LogP contribution in [-0.2, 0) is 6.54 Å². The molecule has 3 heteroatoms. The summed E-state index contributed by atoms with van der Waals surface area (Å²) in [5.41, 5.74) is 7.16. The van der Waals surface area contributed by atoms with Crippen molar-refractivity contribution in [2.75, 3.05) is 18.8 Å². The molecule has 1 aromatic rings. The van der Waals surface area contributed by atoms with Crippen LogP contribution in [0.3, 0.4) is 0 Å². The van der Waals surface area contributed by atoms with Crippen LogP contribution in [-0.4, -0.2) is 23.1 Å². The van der Waals surface area contributed by atoms with Gasteiger partial charge in [0.15, 0.2) is 0 Å². The lowest BCUT2D eigenvalue weighted by molar-refractivity contribution is 0.220. The summed E-state index contributed by atoms with van der Waals surface area (Å²) < 4.78 is 0. The van der Waals surface area contributed by atoms with Crippen LogP contribution in [0.15, 0.2) is 18.2 Å². The van der Waals surface area contributed by atoms with Gasteiger partial charge in [-0.25, -0.2) is 0 Å². The van der Waals surface area contributed by atoms with E-state index >= 15 is 0 Å². The number of rotatable bonds is 2. The number of phenolic OH excluding ortho intramolecular Hbond substituents is 1. The molecule has 0 aromatic heterocycles. The van der Waals surface area contributed by atoms with Crippen molar-refractivity contribution in [1.82, 2.24) is 4.90 Å². The lowest BCUT2D eigenvalue weighted by Gasteiger charge is -2.26. The van der Waals surface area contributed by atoms with Gasteiger partial charge in [-0.15, -0.1) is 0 Å². The van der Waals surface area contributed by atoms with Crippen LogP contribution < -0.4 is 5.73 Å². The number of nitrogen functional groups attached to an aromatic ring is 1. The summed E-state index contributed by atoms with van der Waals surface area (Å²) in [4.78, 5) is 2.43. The summed E-state index contributed by atoms with van der Waals surface area (Å²) >= 11 is 0. The van der Waals surface area contributed by atoms with Crippen molar-refractivity contribution in [3.05, 3.63) is 23.8 Å². The van der Waals surface area contributed by atoms with E-state index in [9.17, 15) is 5.11 Å². The predicted octanol–water partition coefficient (Wildman–Crippen LogP) is 1.96. The third-order valence-electron chi connectivity index (χ3n) is 2.95. The fourth-order valence-electron chi connectivity index (χ4n) is 2.06. The van der Waals surface area contributed by atoms with E-state index in [2.05, 4.69) is 4.90 Å². The molecule has 0 bridgehead atoms. The predicted molar refractivity (Wildman–Crippen MR) is 61.6 cm³/mol. The van der Waals surface area contributed by atoms with Crippen molar-refractivity contribution in [2.45, 2.75) is 25.8 Å². The third-order valence-corrected chi connectivity index (χ3v) is 2.95. The van der Waals surface area contributed by atoms with E-state index in [4.69, 9.17) is 5.73 Å². The Morgan fingerprint density at radius 1 is 1.20 bits per heavy atom. The number of phenols is 1. The topological polar surface area (TPSA) is 49.5 Å². The number of nitrogens with two attached hydrogens (primary N) is 1. The minimum atomic E-state index is 0.199. The quantitative estimate of drug-likeness (QED) is 0.574. The zero-order chi connectivity index (χ0) is 10.7. The van der Waals surface area contributed by atoms with Crippen molar-refractivity contribution in [3.63, 3.8) is 0 Å². The molecule has 1 fully saturated rings. The van der Waals surface area contributed by atoms with Crippen molar-refractivity contribution in [1.29, 1.82) is 0 Å². The second kappa shape index (κ2) is 4.53. The SMILES string of the molecule is Nc1ccc(CN2CCCCC2)cc1O. The molecule has 82 valence electrons. The number of hydrogen-bond donors (Lipinski definition) is 2. The summed E-state index contributed by atoms with van der Waals surface area (Å²) in [6, 6.07) is 5.53. The Balaban J connectivity index is 2.00. The number of nitrogens with zero attached hydrogens (tertiary/aromatic N) is 1. The molecule has 2 rings (SSSR count). The van der Waals surface area contributed by atoms with Crippen LogP contribution in [0.2, 0.25) is 0 Å². The number of piperidine rings is 1. The molecule has 1 aliphatic heterocycles. The van der Waals surface area contributed by atoms with Crippen molar-refractivity contribution < 1.29 is 5.11 Å². The van der Waals surface area contributed by atoms with Crippen LogP contribution in [0, 0.1) is 0 Å². The largest absolute Gasteiger partial charge is 0.506 e. The van der Waals surface area contributed by atoms with E-state index in [0.29, 0.717) is 5.69 Å². The fourth-order valence-corrected chi connectivity index (χ4v) is 2.06. The van der Waals surface area contributed by atoms with E-state index in [-0.39, 0.29) is 5.75 Å². The lowest BCUT2D eigenvalue weighted by atomic mass is 10.1. The number of aromatic hydroxyl groups is 1. The third kappa shape index (κ3) is 2.63. The van der Waals surface area contributed by atoms with Crippen LogP contribution in [0.25, 0.3) is 0 Å². The van der Waals surface area contributed by atoms with Crippen LogP contribution >= 0.6 is 0 Å². The Labute approximate surface area is 90.5 Å². The average Bonchev–Trinajstić information content (AvgIpc) is 2.25. The first-order valence-electron chi connectivity index (χ1n) is 5.55. The Morgan fingerprint density at radius 3 is 2.60 bits per heavy atom. The number of anilines is 1. The molecule has 3 nitrogen and oxygen atoms in total. The van der Waals surface area contributed by atoms with Crippen molar-refractivity contribution in [3.8, 4) is 5.75 Å². The van der Waals surface area contributed by atoms with Gasteiger partial charge in [-0.3, -0.25) is 4.90 Å². The fraction of sp³-hybridized carbons (Fsp3) is 0.500. The van der Waals surface area contributed by atoms with Crippen LogP contribution in [0.5, 0.6) is 5.75 Å². The van der Waals surface area contributed by atoms with Crippen molar-refractivity contribution >= 4 is 5.69 Å². The van der Waals surface area contributed by atoms with Gasteiger partial charge in [-0.2, -0.15) is 0 Å². The van der Waals surface area contributed by atoms with Gasteiger partial charge in [0.1, 0.15) is 5.75 Å². The molecule has 1 heterocycles. The highest BCUT2D eigenvalue weighted by Crippen LogP contribution is 2.22. The molecule has 0 saturated carbocycles. The van der Waals surface area contributed by atoms with E-state index in [0.717, 1.165) is 12.1 Å². The second-order valence-electron chi connectivity index (χ2n) is 4.23. The smallest absolute Gasteiger partial charge is 0.138 e. The molecular formula is C12H18N2O. The molecule has 0 spiro atoms. The summed E-state index contributed by atoms with van der Waals surface area (Å²) in [6.07, 6.45) is 3.94. The molecule has 1 saturated heterocycles. The van der Waals surface area contributed by atoms with E-state index < -0.39 is 0 Å². The molecule has 0 radical (unpaired) electrons. The zero-order valence-electron chi connectivity index (χ0n) is 8.95. The minimum absolute atomic E-state index is 0.199. The van der Waals surface area contributed by atoms with Gasteiger partial charge < -0.3 is 10.8 Å². The van der Waals surface area contributed by atoms with Gasteiger partial charge in [-0.1, -0.05) is 12.5 Å². The minimum Gasteiger partial charge on any atom is -0.506 e. The molecule has 0 atom stereocenters. The highest BCUT2D eigenvalue weighted by atomic mass is 16.3. The van der Waals surface area contributed by atoms with Gasteiger partial charge in [0.2, 0.25) is 0 Å². The highest BCUT2D eigenvalue weighted by Gasteiger charge is 2.10. The molecular weight excluding hydrogens is 188 g/mol. The molecule has 0 amide bonds. The van der Waals surface area contributed by atoms with Gasteiger partial charge in [0.05, 0.1) is 5.69 Å². The first-order chi connectivity index (χ1) is 7.25. The van der Waals surface area contributed by atoms with Gasteiger partial charge in [-0.05, 0) is 43.6 Å². The van der Waals surface area contributed by atoms with Gasteiger partial charge in [0, 0.05) is 6.54 Å². The Bertz CT molecular complexity index is 332. The molecule has 1 aromatic carbocycles. The first-order valence-corrected chi connectivity index (χ1v) is 5.55. The molecule has 3 N–H and O–H groups in total. The Hall–Kier alpha value is -1.22. The van der Waals surface area contributed by atoms with Crippen molar-refractivity contribution in [2.24, 2.45) is 0 Å². The zero-order valence-corrected chi connectivity index (χ0v) is 8.95. The molecule has 0 unspecified atom stereocenters. The molecule has 1 aliphatic rings. The number of hydrogen-bond acceptors (Lipinski definition) is 3. The summed E-state index contributed by atoms with van der Waals surface area (Å²) in [6.45, 7) is 3.27. The van der Waals surface area contributed by atoms with E-state index in [1.807, 2.05) is 6.07 Å². The van der Waals surface area contributed by atoms with Gasteiger partial charge >= 0.3 is 0 Å². The maximum Gasteiger partial charge on any atom is 0.138 e. The first kappa shape index (κ1) is 10.3.